The Balaban J connectivity index is 1.68. The van der Waals surface area contributed by atoms with Crippen LogP contribution in [0.5, 0.6) is 0 Å². The lowest BCUT2D eigenvalue weighted by atomic mass is 9.70. The molecule has 1 fully saturated rings. The van der Waals surface area contributed by atoms with Crippen molar-refractivity contribution in [2.45, 2.75) is 52.4 Å². The molecule has 2 aromatic rings. The smallest absolute Gasteiger partial charge is 0.230 e. The molecule has 1 aliphatic carbocycles. The highest BCUT2D eigenvalue weighted by Gasteiger charge is 2.32. The zero-order valence-electron chi connectivity index (χ0n) is 13.2. The molecule has 0 spiro atoms. The van der Waals surface area contributed by atoms with Crippen LogP contribution in [0.2, 0.25) is 0 Å². The van der Waals surface area contributed by atoms with Crippen molar-refractivity contribution < 1.29 is 4.52 Å². The maximum atomic E-state index is 5.52. The Morgan fingerprint density at radius 2 is 1.67 bits per heavy atom. The zero-order valence-corrected chi connectivity index (χ0v) is 13.2. The maximum absolute atomic E-state index is 5.52. The lowest BCUT2D eigenvalue weighted by molar-refractivity contribution is 0.159. The summed E-state index contributed by atoms with van der Waals surface area (Å²) < 4.78 is 5.52. The predicted molar refractivity (Wildman–Crippen MR) is 83.9 cm³/mol. The molecule has 0 atom stereocenters. The first kappa shape index (κ1) is 14.3. The molecule has 3 heteroatoms. The molecular weight excluding hydrogens is 260 g/mol. The van der Waals surface area contributed by atoms with Gasteiger partial charge < -0.3 is 4.52 Å². The van der Waals surface area contributed by atoms with Crippen molar-refractivity contribution in [3.8, 4) is 11.4 Å². The van der Waals surface area contributed by atoms with Crippen LogP contribution in [0.3, 0.4) is 0 Å². The van der Waals surface area contributed by atoms with Crippen LogP contribution in [-0.4, -0.2) is 10.1 Å². The minimum Gasteiger partial charge on any atom is -0.339 e. The monoisotopic (exact) mass is 284 g/mol. The van der Waals surface area contributed by atoms with Gasteiger partial charge in [0, 0.05) is 11.5 Å². The highest BCUT2D eigenvalue weighted by molar-refractivity contribution is 5.53. The highest BCUT2D eigenvalue weighted by atomic mass is 16.5. The summed E-state index contributed by atoms with van der Waals surface area (Å²) in [6.07, 6.45) is 4.85. The van der Waals surface area contributed by atoms with Crippen molar-refractivity contribution in [2.75, 3.05) is 0 Å². The molecule has 1 aromatic heterocycles. The number of benzene rings is 1. The number of rotatable bonds is 2. The lowest BCUT2D eigenvalue weighted by Crippen LogP contribution is -2.25. The molecule has 0 radical (unpaired) electrons. The molecule has 0 N–H and O–H groups in total. The van der Waals surface area contributed by atoms with E-state index in [0.29, 0.717) is 17.2 Å². The van der Waals surface area contributed by atoms with Gasteiger partial charge in [-0.25, -0.2) is 0 Å². The fourth-order valence-electron chi connectivity index (χ4n) is 3.31. The number of hydrogen-bond donors (Lipinski definition) is 0. The SMILES string of the molecule is CC(C)(C)C1CCC(c2nc(-c3ccccc3)no2)CC1. The fraction of sp³-hybridized carbons (Fsp3) is 0.556. The third kappa shape index (κ3) is 3.17. The molecule has 3 rings (SSSR count). The summed E-state index contributed by atoms with van der Waals surface area (Å²) in [7, 11) is 0. The predicted octanol–water partition coefficient (Wildman–Crippen LogP) is 5.06. The second-order valence-corrected chi connectivity index (χ2v) is 7.24. The normalized spacial score (nSPS) is 23.2. The Hall–Kier alpha value is -1.64. The van der Waals surface area contributed by atoms with E-state index in [2.05, 4.69) is 30.9 Å². The quantitative estimate of drug-likeness (QED) is 0.774. The summed E-state index contributed by atoms with van der Waals surface area (Å²) in [6, 6.07) is 10.0. The molecule has 0 amide bonds. The van der Waals surface area contributed by atoms with Crippen LogP contribution in [0.25, 0.3) is 11.4 Å². The summed E-state index contributed by atoms with van der Waals surface area (Å²) in [4.78, 5) is 4.61. The van der Waals surface area contributed by atoms with Crippen molar-refractivity contribution in [3.63, 3.8) is 0 Å². The molecule has 0 unspecified atom stereocenters. The van der Waals surface area contributed by atoms with Gasteiger partial charge in [-0.05, 0) is 37.0 Å². The average molecular weight is 284 g/mol. The first-order valence-electron chi connectivity index (χ1n) is 7.93. The van der Waals surface area contributed by atoms with E-state index in [1.807, 2.05) is 30.3 Å². The van der Waals surface area contributed by atoms with Gasteiger partial charge in [0.15, 0.2) is 0 Å². The first-order valence-corrected chi connectivity index (χ1v) is 7.93. The van der Waals surface area contributed by atoms with E-state index in [1.54, 1.807) is 0 Å². The van der Waals surface area contributed by atoms with Gasteiger partial charge in [0.05, 0.1) is 0 Å². The van der Waals surface area contributed by atoms with Crippen molar-refractivity contribution in [3.05, 3.63) is 36.2 Å². The summed E-state index contributed by atoms with van der Waals surface area (Å²) >= 11 is 0. The van der Waals surface area contributed by atoms with Gasteiger partial charge in [-0.1, -0.05) is 56.3 Å². The van der Waals surface area contributed by atoms with E-state index in [1.165, 1.54) is 25.7 Å². The van der Waals surface area contributed by atoms with Gasteiger partial charge >= 0.3 is 0 Å². The molecule has 1 aromatic carbocycles. The standard InChI is InChI=1S/C18H24N2O/c1-18(2,3)15-11-9-14(10-12-15)17-19-16(20-21-17)13-7-5-4-6-8-13/h4-8,14-15H,9-12H2,1-3H3. The molecular formula is C18H24N2O. The van der Waals surface area contributed by atoms with E-state index < -0.39 is 0 Å². The topological polar surface area (TPSA) is 38.9 Å². The van der Waals surface area contributed by atoms with Crippen LogP contribution in [0.4, 0.5) is 0 Å². The first-order chi connectivity index (χ1) is 10.0. The van der Waals surface area contributed by atoms with Crippen molar-refractivity contribution in [1.29, 1.82) is 0 Å². The van der Waals surface area contributed by atoms with Gasteiger partial charge in [-0.2, -0.15) is 4.98 Å². The van der Waals surface area contributed by atoms with Crippen LogP contribution < -0.4 is 0 Å². The molecule has 0 saturated heterocycles. The van der Waals surface area contributed by atoms with Gasteiger partial charge in [-0.3, -0.25) is 0 Å². The number of nitrogens with zero attached hydrogens (tertiary/aromatic N) is 2. The maximum Gasteiger partial charge on any atom is 0.230 e. The molecule has 3 nitrogen and oxygen atoms in total. The Kier molecular flexibility index (Phi) is 3.83. The van der Waals surface area contributed by atoms with E-state index >= 15 is 0 Å². The molecule has 1 heterocycles. The minimum atomic E-state index is 0.412. The van der Waals surface area contributed by atoms with Gasteiger partial charge in [-0.15, -0.1) is 0 Å². The van der Waals surface area contributed by atoms with E-state index in [4.69, 9.17) is 4.52 Å². The molecule has 21 heavy (non-hydrogen) atoms. The molecule has 1 saturated carbocycles. The third-order valence-corrected chi connectivity index (χ3v) is 4.77. The summed E-state index contributed by atoms with van der Waals surface area (Å²) in [6.45, 7) is 7.04. The Morgan fingerprint density at radius 1 is 1.00 bits per heavy atom. The highest BCUT2D eigenvalue weighted by Crippen LogP contribution is 2.42. The average Bonchev–Trinajstić information content (AvgIpc) is 2.97. The van der Waals surface area contributed by atoms with Crippen molar-refractivity contribution in [1.82, 2.24) is 10.1 Å². The van der Waals surface area contributed by atoms with Gasteiger partial charge in [0.2, 0.25) is 11.7 Å². The van der Waals surface area contributed by atoms with E-state index in [9.17, 15) is 0 Å². The molecule has 1 aliphatic rings. The van der Waals surface area contributed by atoms with Crippen LogP contribution in [0.1, 0.15) is 58.3 Å². The summed E-state index contributed by atoms with van der Waals surface area (Å²) in [5.41, 5.74) is 1.44. The van der Waals surface area contributed by atoms with Crippen molar-refractivity contribution >= 4 is 0 Å². The van der Waals surface area contributed by atoms with Gasteiger partial charge in [0.1, 0.15) is 0 Å². The zero-order chi connectivity index (χ0) is 14.9. The van der Waals surface area contributed by atoms with Gasteiger partial charge in [0.25, 0.3) is 0 Å². The van der Waals surface area contributed by atoms with Crippen LogP contribution in [-0.2, 0) is 0 Å². The van der Waals surface area contributed by atoms with Crippen LogP contribution in [0.15, 0.2) is 34.9 Å². The number of aromatic nitrogens is 2. The lowest BCUT2D eigenvalue weighted by Gasteiger charge is -2.35. The van der Waals surface area contributed by atoms with E-state index in [0.717, 1.165) is 17.4 Å². The second kappa shape index (κ2) is 5.63. The fourth-order valence-corrected chi connectivity index (χ4v) is 3.31. The van der Waals surface area contributed by atoms with Crippen LogP contribution >= 0.6 is 0 Å². The summed E-state index contributed by atoms with van der Waals surface area (Å²) in [5, 5.41) is 4.14. The molecule has 112 valence electrons. The van der Waals surface area contributed by atoms with E-state index in [-0.39, 0.29) is 0 Å². The minimum absolute atomic E-state index is 0.412. The Labute approximate surface area is 126 Å². The second-order valence-electron chi connectivity index (χ2n) is 7.24. The Bertz CT molecular complexity index is 575. The largest absolute Gasteiger partial charge is 0.339 e. The molecule has 0 aliphatic heterocycles. The molecule has 0 bridgehead atoms. The Morgan fingerprint density at radius 3 is 2.29 bits per heavy atom. The number of hydrogen-bond acceptors (Lipinski definition) is 3. The van der Waals surface area contributed by atoms with Crippen LogP contribution in [0, 0.1) is 11.3 Å². The van der Waals surface area contributed by atoms with Crippen molar-refractivity contribution in [2.24, 2.45) is 11.3 Å². The third-order valence-electron chi connectivity index (χ3n) is 4.77. The summed E-state index contributed by atoms with van der Waals surface area (Å²) in [5.74, 6) is 2.78.